The number of nitrogens with one attached hydrogen (secondary N) is 1. The molecule has 2 N–H and O–H groups in total. The highest BCUT2D eigenvalue weighted by Gasteiger charge is 2.23. The molecule has 2 unspecified atom stereocenters. The predicted octanol–water partition coefficient (Wildman–Crippen LogP) is 2.88. The molecule has 1 aliphatic heterocycles. The molecule has 1 aromatic heterocycles. The van der Waals surface area contributed by atoms with E-state index in [0.29, 0.717) is 12.6 Å². The van der Waals surface area contributed by atoms with Gasteiger partial charge < -0.3 is 15.3 Å². The molecule has 0 spiro atoms. The fourth-order valence-electron chi connectivity index (χ4n) is 3.04. The Morgan fingerprint density at radius 1 is 1.45 bits per heavy atom. The van der Waals surface area contributed by atoms with E-state index < -0.39 is 0 Å². The molecule has 0 amide bonds. The van der Waals surface area contributed by atoms with E-state index in [1.54, 1.807) is 11.3 Å². The monoisotopic (exact) mass is 296 g/mol. The molecule has 2 atom stereocenters. The molecule has 0 aromatic carbocycles. The van der Waals surface area contributed by atoms with Crippen LogP contribution in [0.15, 0.2) is 16.8 Å². The summed E-state index contributed by atoms with van der Waals surface area (Å²) in [5, 5.41) is 17.7. The lowest BCUT2D eigenvalue weighted by Gasteiger charge is -2.35. The summed E-state index contributed by atoms with van der Waals surface area (Å²) in [6.45, 7) is 8.89. The van der Waals surface area contributed by atoms with Gasteiger partial charge in [-0.25, -0.2) is 0 Å². The molecule has 1 aliphatic rings. The number of thiophene rings is 1. The maximum atomic E-state index is 10.1. The SMILES string of the molecule is CCCN1CCC(C(C)NCC(O)c2ccsc2)CC1. The van der Waals surface area contributed by atoms with Crippen molar-refractivity contribution >= 4 is 11.3 Å². The van der Waals surface area contributed by atoms with Crippen LogP contribution < -0.4 is 5.32 Å². The second-order valence-corrected chi connectivity index (χ2v) is 6.73. The molecule has 2 heterocycles. The van der Waals surface area contributed by atoms with Gasteiger partial charge in [0.2, 0.25) is 0 Å². The Balaban J connectivity index is 1.69. The number of rotatable bonds is 7. The first-order valence-corrected chi connectivity index (χ1v) is 8.81. The lowest BCUT2D eigenvalue weighted by Crippen LogP contribution is -2.43. The predicted molar refractivity (Wildman–Crippen MR) is 86.2 cm³/mol. The van der Waals surface area contributed by atoms with Crippen molar-refractivity contribution in [1.82, 2.24) is 10.2 Å². The van der Waals surface area contributed by atoms with Crippen LogP contribution in [0.2, 0.25) is 0 Å². The zero-order valence-corrected chi connectivity index (χ0v) is 13.5. The van der Waals surface area contributed by atoms with Gasteiger partial charge in [-0.2, -0.15) is 11.3 Å². The Kier molecular flexibility index (Phi) is 6.49. The van der Waals surface area contributed by atoms with E-state index in [2.05, 4.69) is 24.1 Å². The fourth-order valence-corrected chi connectivity index (χ4v) is 3.75. The molecular formula is C16H28N2OS. The first-order chi connectivity index (χ1) is 9.70. The van der Waals surface area contributed by atoms with Crippen LogP contribution in [0.5, 0.6) is 0 Å². The third kappa shape index (κ3) is 4.55. The van der Waals surface area contributed by atoms with Crippen molar-refractivity contribution in [3.8, 4) is 0 Å². The average Bonchev–Trinajstić information content (AvgIpc) is 3.00. The van der Waals surface area contributed by atoms with Crippen molar-refractivity contribution in [3.63, 3.8) is 0 Å². The minimum Gasteiger partial charge on any atom is -0.387 e. The van der Waals surface area contributed by atoms with Crippen molar-refractivity contribution in [1.29, 1.82) is 0 Å². The van der Waals surface area contributed by atoms with E-state index in [4.69, 9.17) is 0 Å². The Labute approximate surface area is 127 Å². The lowest BCUT2D eigenvalue weighted by atomic mass is 9.90. The second kappa shape index (κ2) is 8.13. The molecule has 0 aliphatic carbocycles. The van der Waals surface area contributed by atoms with Gasteiger partial charge in [-0.3, -0.25) is 0 Å². The van der Waals surface area contributed by atoms with Gasteiger partial charge in [-0.15, -0.1) is 0 Å². The molecule has 20 heavy (non-hydrogen) atoms. The van der Waals surface area contributed by atoms with E-state index in [-0.39, 0.29) is 6.10 Å². The van der Waals surface area contributed by atoms with Crippen molar-refractivity contribution in [2.75, 3.05) is 26.2 Å². The van der Waals surface area contributed by atoms with E-state index in [1.165, 1.54) is 38.9 Å². The normalized spacial score (nSPS) is 20.9. The average molecular weight is 296 g/mol. The van der Waals surface area contributed by atoms with Gasteiger partial charge in [0.1, 0.15) is 0 Å². The molecule has 1 fully saturated rings. The number of aliphatic hydroxyl groups is 1. The lowest BCUT2D eigenvalue weighted by molar-refractivity contribution is 0.140. The Morgan fingerprint density at radius 2 is 2.20 bits per heavy atom. The van der Waals surface area contributed by atoms with E-state index in [1.807, 2.05) is 16.8 Å². The number of likely N-dealkylation sites (tertiary alicyclic amines) is 1. The Hall–Kier alpha value is -0.420. The van der Waals surface area contributed by atoms with Crippen LogP contribution in [0.3, 0.4) is 0 Å². The van der Waals surface area contributed by atoms with Crippen LogP contribution in [-0.2, 0) is 0 Å². The Morgan fingerprint density at radius 3 is 2.80 bits per heavy atom. The number of aliphatic hydroxyl groups excluding tert-OH is 1. The third-order valence-corrected chi connectivity index (χ3v) is 5.14. The summed E-state index contributed by atoms with van der Waals surface area (Å²) in [5.74, 6) is 0.748. The minimum absolute atomic E-state index is 0.371. The summed E-state index contributed by atoms with van der Waals surface area (Å²) in [6, 6.07) is 2.50. The highest BCUT2D eigenvalue weighted by molar-refractivity contribution is 7.07. The van der Waals surface area contributed by atoms with Crippen LogP contribution >= 0.6 is 11.3 Å². The zero-order valence-electron chi connectivity index (χ0n) is 12.7. The summed E-state index contributed by atoms with van der Waals surface area (Å²) in [7, 11) is 0. The minimum atomic E-state index is -0.371. The zero-order chi connectivity index (χ0) is 14.4. The van der Waals surface area contributed by atoms with Gasteiger partial charge in [-0.05, 0) is 74.1 Å². The van der Waals surface area contributed by atoms with Crippen LogP contribution in [0.1, 0.15) is 44.8 Å². The Bertz CT molecular complexity index is 361. The van der Waals surface area contributed by atoms with Crippen molar-refractivity contribution in [2.45, 2.75) is 45.3 Å². The molecular weight excluding hydrogens is 268 g/mol. The van der Waals surface area contributed by atoms with E-state index >= 15 is 0 Å². The first-order valence-electron chi connectivity index (χ1n) is 7.86. The quantitative estimate of drug-likeness (QED) is 0.812. The molecule has 2 rings (SSSR count). The molecule has 0 radical (unpaired) electrons. The largest absolute Gasteiger partial charge is 0.387 e. The summed E-state index contributed by atoms with van der Waals surface area (Å²) < 4.78 is 0. The molecule has 1 aromatic rings. The van der Waals surface area contributed by atoms with Crippen LogP contribution in [0, 0.1) is 5.92 Å². The van der Waals surface area contributed by atoms with Crippen molar-refractivity contribution in [2.24, 2.45) is 5.92 Å². The molecule has 4 heteroatoms. The number of hydrogen-bond acceptors (Lipinski definition) is 4. The van der Waals surface area contributed by atoms with Crippen molar-refractivity contribution < 1.29 is 5.11 Å². The van der Waals surface area contributed by atoms with Gasteiger partial charge in [0.05, 0.1) is 6.10 Å². The highest BCUT2D eigenvalue weighted by atomic mass is 32.1. The number of piperidine rings is 1. The van der Waals surface area contributed by atoms with Crippen LogP contribution in [0.25, 0.3) is 0 Å². The maximum absolute atomic E-state index is 10.1. The summed E-state index contributed by atoms with van der Waals surface area (Å²) in [6.07, 6.45) is 3.44. The molecule has 1 saturated heterocycles. The van der Waals surface area contributed by atoms with Gasteiger partial charge >= 0.3 is 0 Å². The van der Waals surface area contributed by atoms with Crippen molar-refractivity contribution in [3.05, 3.63) is 22.4 Å². The molecule has 0 saturated carbocycles. The topological polar surface area (TPSA) is 35.5 Å². The summed E-state index contributed by atoms with van der Waals surface area (Å²) >= 11 is 1.64. The molecule has 3 nitrogen and oxygen atoms in total. The summed E-state index contributed by atoms with van der Waals surface area (Å²) in [4.78, 5) is 2.57. The fraction of sp³-hybridized carbons (Fsp3) is 0.750. The number of nitrogens with zero attached hydrogens (tertiary/aromatic N) is 1. The molecule has 114 valence electrons. The van der Waals surface area contributed by atoms with Crippen LogP contribution in [-0.4, -0.2) is 42.2 Å². The second-order valence-electron chi connectivity index (χ2n) is 5.95. The third-order valence-electron chi connectivity index (χ3n) is 4.44. The van der Waals surface area contributed by atoms with Gasteiger partial charge in [0.25, 0.3) is 0 Å². The van der Waals surface area contributed by atoms with Crippen LogP contribution in [0.4, 0.5) is 0 Å². The van der Waals surface area contributed by atoms with Gasteiger partial charge in [0.15, 0.2) is 0 Å². The number of hydrogen-bond donors (Lipinski definition) is 2. The molecule has 0 bridgehead atoms. The van der Waals surface area contributed by atoms with E-state index in [0.717, 1.165) is 11.5 Å². The van der Waals surface area contributed by atoms with E-state index in [9.17, 15) is 5.11 Å². The highest BCUT2D eigenvalue weighted by Crippen LogP contribution is 2.21. The smallest absolute Gasteiger partial charge is 0.0922 e. The van der Waals surface area contributed by atoms with Gasteiger partial charge in [-0.1, -0.05) is 6.92 Å². The summed E-state index contributed by atoms with van der Waals surface area (Å²) in [5.41, 5.74) is 1.03. The first kappa shape index (κ1) is 16.0. The van der Waals surface area contributed by atoms with Gasteiger partial charge in [0, 0.05) is 12.6 Å². The standard InChI is InChI=1S/C16H28N2OS/c1-3-7-18-8-4-14(5-9-18)13(2)17-11-16(19)15-6-10-20-12-15/h6,10,12-14,16-17,19H,3-5,7-9,11H2,1-2H3. The maximum Gasteiger partial charge on any atom is 0.0922 e.